The third-order valence-corrected chi connectivity index (χ3v) is 3.72. The minimum atomic E-state index is -0.756. The molecule has 0 aliphatic rings. The van der Waals surface area contributed by atoms with Crippen molar-refractivity contribution >= 4 is 23.4 Å². The Balaban J connectivity index is 2.33. The maximum atomic E-state index is 13.7. The summed E-state index contributed by atoms with van der Waals surface area (Å²) in [5.41, 5.74) is 6.10. The lowest BCUT2D eigenvalue weighted by atomic mass is 10.2. The number of rotatable bonds is 3. The lowest BCUT2D eigenvalue weighted by molar-refractivity contribution is 0.0599. The van der Waals surface area contributed by atoms with Gasteiger partial charge in [0.25, 0.3) is 0 Å². The molecule has 0 spiro atoms. The largest absolute Gasteiger partial charge is 0.465 e. The van der Waals surface area contributed by atoms with Crippen LogP contribution in [-0.4, -0.2) is 18.1 Å². The fourth-order valence-electron chi connectivity index (χ4n) is 1.70. The topological polar surface area (TPSA) is 65.2 Å². The van der Waals surface area contributed by atoms with Crippen molar-refractivity contribution < 1.29 is 18.3 Å². The van der Waals surface area contributed by atoms with Gasteiger partial charge in [0.1, 0.15) is 16.7 Å². The number of halogens is 2. The quantitative estimate of drug-likeness (QED) is 0.696. The number of benzene rings is 1. The molecule has 1 heterocycles. The zero-order valence-electron chi connectivity index (χ0n) is 11.3. The SMILES string of the molecule is COC(=O)c1ccc(Sc2c(F)cc(N)cc2F)nc1C. The van der Waals surface area contributed by atoms with E-state index >= 15 is 0 Å². The van der Waals surface area contributed by atoms with Crippen LogP contribution in [0.5, 0.6) is 0 Å². The molecular weight excluding hydrogens is 298 g/mol. The molecule has 0 aliphatic heterocycles. The zero-order chi connectivity index (χ0) is 15.6. The molecule has 4 nitrogen and oxygen atoms in total. The van der Waals surface area contributed by atoms with Crippen LogP contribution in [-0.2, 0) is 4.74 Å². The number of anilines is 1. The van der Waals surface area contributed by atoms with E-state index in [2.05, 4.69) is 9.72 Å². The van der Waals surface area contributed by atoms with Gasteiger partial charge >= 0.3 is 5.97 Å². The van der Waals surface area contributed by atoms with Crippen LogP contribution in [0.25, 0.3) is 0 Å². The molecule has 2 aromatic rings. The summed E-state index contributed by atoms with van der Waals surface area (Å²) in [7, 11) is 1.27. The molecule has 0 unspecified atom stereocenters. The molecule has 0 saturated carbocycles. The van der Waals surface area contributed by atoms with E-state index in [1.165, 1.54) is 19.2 Å². The van der Waals surface area contributed by atoms with Crippen molar-refractivity contribution in [3.63, 3.8) is 0 Å². The van der Waals surface area contributed by atoms with Gasteiger partial charge < -0.3 is 10.5 Å². The second kappa shape index (κ2) is 6.09. The standard InChI is InChI=1S/C14H12F2N2O2S/c1-7-9(14(19)20-2)3-4-12(18-7)21-13-10(15)5-8(17)6-11(13)16/h3-6H,17H2,1-2H3. The monoisotopic (exact) mass is 310 g/mol. The molecular formula is C14H12F2N2O2S. The molecule has 0 fully saturated rings. The Kier molecular flexibility index (Phi) is 4.42. The fourth-order valence-corrected chi connectivity index (χ4v) is 2.54. The van der Waals surface area contributed by atoms with Crippen molar-refractivity contribution in [1.82, 2.24) is 4.98 Å². The van der Waals surface area contributed by atoms with Crippen LogP contribution in [0.2, 0.25) is 0 Å². The molecule has 0 radical (unpaired) electrons. The molecule has 0 bridgehead atoms. The highest BCUT2D eigenvalue weighted by Crippen LogP contribution is 2.32. The minimum absolute atomic E-state index is 0.0135. The normalized spacial score (nSPS) is 10.5. The number of aromatic nitrogens is 1. The van der Waals surface area contributed by atoms with E-state index in [0.29, 0.717) is 16.3 Å². The van der Waals surface area contributed by atoms with E-state index < -0.39 is 17.6 Å². The molecule has 2 rings (SSSR count). The summed E-state index contributed by atoms with van der Waals surface area (Å²) < 4.78 is 32.0. The maximum absolute atomic E-state index is 13.7. The van der Waals surface area contributed by atoms with Gasteiger partial charge in [-0.15, -0.1) is 0 Å². The Morgan fingerprint density at radius 1 is 1.29 bits per heavy atom. The molecule has 1 aromatic heterocycles. The molecule has 0 atom stereocenters. The number of methoxy groups -OCH3 is 1. The van der Waals surface area contributed by atoms with E-state index in [4.69, 9.17) is 5.73 Å². The van der Waals surface area contributed by atoms with E-state index in [-0.39, 0.29) is 10.6 Å². The summed E-state index contributed by atoms with van der Waals surface area (Å²) in [5.74, 6) is -2.02. The number of pyridine rings is 1. The molecule has 0 saturated heterocycles. The number of hydrogen-bond donors (Lipinski definition) is 1. The number of nitrogen functional groups attached to an aromatic ring is 1. The van der Waals surface area contributed by atoms with E-state index in [1.54, 1.807) is 6.92 Å². The first-order valence-electron chi connectivity index (χ1n) is 5.90. The van der Waals surface area contributed by atoms with Crippen molar-refractivity contribution in [1.29, 1.82) is 0 Å². The lowest BCUT2D eigenvalue weighted by Crippen LogP contribution is -2.05. The first-order chi connectivity index (χ1) is 9.92. The zero-order valence-corrected chi connectivity index (χ0v) is 12.1. The second-order valence-corrected chi connectivity index (χ2v) is 5.22. The lowest BCUT2D eigenvalue weighted by Gasteiger charge is -2.08. The highest BCUT2D eigenvalue weighted by molar-refractivity contribution is 7.99. The summed E-state index contributed by atoms with van der Waals surface area (Å²) in [5, 5.41) is 0.364. The van der Waals surface area contributed by atoms with Gasteiger partial charge in [0.05, 0.1) is 23.3 Å². The number of carbonyl (C=O) groups excluding carboxylic acids is 1. The van der Waals surface area contributed by atoms with E-state index in [9.17, 15) is 13.6 Å². The molecule has 110 valence electrons. The average Bonchev–Trinajstić information content (AvgIpc) is 2.42. The second-order valence-electron chi connectivity index (χ2n) is 4.19. The van der Waals surface area contributed by atoms with Crippen molar-refractivity contribution in [3.8, 4) is 0 Å². The number of hydrogen-bond acceptors (Lipinski definition) is 5. The van der Waals surface area contributed by atoms with Gasteiger partial charge in [-0.1, -0.05) is 11.8 Å². The Labute approximate surface area is 124 Å². The Hall–Kier alpha value is -2.15. The summed E-state index contributed by atoms with van der Waals surface area (Å²) in [4.78, 5) is 15.4. The predicted molar refractivity (Wildman–Crippen MR) is 75.2 cm³/mol. The van der Waals surface area contributed by atoms with Gasteiger partial charge in [-0.05, 0) is 31.2 Å². The molecule has 0 aliphatic carbocycles. The minimum Gasteiger partial charge on any atom is -0.465 e. The van der Waals surface area contributed by atoms with Crippen molar-refractivity contribution in [2.75, 3.05) is 12.8 Å². The van der Waals surface area contributed by atoms with Crippen LogP contribution in [0.15, 0.2) is 34.2 Å². The Morgan fingerprint density at radius 2 is 1.90 bits per heavy atom. The summed E-state index contributed by atoms with van der Waals surface area (Å²) in [6.45, 7) is 1.62. The van der Waals surface area contributed by atoms with Crippen molar-refractivity contribution in [2.24, 2.45) is 0 Å². The summed E-state index contributed by atoms with van der Waals surface area (Å²) in [6.07, 6.45) is 0. The predicted octanol–water partition coefficient (Wildman–Crippen LogP) is 3.19. The molecule has 0 amide bonds. The number of ether oxygens (including phenoxy) is 1. The molecule has 1 aromatic carbocycles. The van der Waals surface area contributed by atoms with Crippen LogP contribution < -0.4 is 5.73 Å². The average molecular weight is 310 g/mol. The first kappa shape index (κ1) is 15.2. The number of nitrogens with zero attached hydrogens (tertiary/aromatic N) is 1. The molecule has 2 N–H and O–H groups in total. The highest BCUT2D eigenvalue weighted by atomic mass is 32.2. The first-order valence-corrected chi connectivity index (χ1v) is 6.72. The van der Waals surface area contributed by atoms with Gasteiger partial charge in [-0.2, -0.15) is 0 Å². The van der Waals surface area contributed by atoms with Crippen molar-refractivity contribution in [3.05, 3.63) is 47.2 Å². The van der Waals surface area contributed by atoms with Gasteiger partial charge in [0, 0.05) is 5.69 Å². The van der Waals surface area contributed by atoms with Crippen LogP contribution >= 0.6 is 11.8 Å². The molecule has 7 heteroatoms. The number of carbonyl (C=O) groups is 1. The summed E-state index contributed by atoms with van der Waals surface area (Å²) >= 11 is 0.823. The summed E-state index contributed by atoms with van der Waals surface area (Å²) in [6, 6.07) is 5.09. The van der Waals surface area contributed by atoms with Gasteiger partial charge in [-0.3, -0.25) is 0 Å². The van der Waals surface area contributed by atoms with Crippen LogP contribution in [0.1, 0.15) is 16.1 Å². The fraction of sp³-hybridized carbons (Fsp3) is 0.143. The van der Waals surface area contributed by atoms with Gasteiger partial charge in [0.15, 0.2) is 0 Å². The smallest absolute Gasteiger partial charge is 0.339 e. The third-order valence-electron chi connectivity index (χ3n) is 2.69. The van der Waals surface area contributed by atoms with Crippen molar-refractivity contribution in [2.45, 2.75) is 16.8 Å². The van der Waals surface area contributed by atoms with Gasteiger partial charge in [0.2, 0.25) is 0 Å². The van der Waals surface area contributed by atoms with Gasteiger partial charge in [-0.25, -0.2) is 18.6 Å². The Morgan fingerprint density at radius 3 is 2.43 bits per heavy atom. The van der Waals surface area contributed by atoms with E-state index in [0.717, 1.165) is 23.9 Å². The number of esters is 1. The number of aryl methyl sites for hydroxylation is 1. The van der Waals surface area contributed by atoms with Crippen LogP contribution in [0.3, 0.4) is 0 Å². The third kappa shape index (κ3) is 3.30. The number of nitrogens with two attached hydrogens (primary N) is 1. The van der Waals surface area contributed by atoms with Crippen LogP contribution in [0, 0.1) is 18.6 Å². The highest BCUT2D eigenvalue weighted by Gasteiger charge is 2.15. The van der Waals surface area contributed by atoms with E-state index in [1.807, 2.05) is 0 Å². The Bertz CT molecular complexity index is 684. The molecule has 21 heavy (non-hydrogen) atoms. The maximum Gasteiger partial charge on any atom is 0.339 e. The van der Waals surface area contributed by atoms with Crippen LogP contribution in [0.4, 0.5) is 14.5 Å².